The van der Waals surface area contributed by atoms with Crippen LogP contribution >= 0.6 is 0 Å². The normalized spacial score (nSPS) is 11.2. The summed E-state index contributed by atoms with van der Waals surface area (Å²) in [4.78, 5) is 4.00. The maximum Gasteiger partial charge on any atom is 0.573 e. The van der Waals surface area contributed by atoms with E-state index in [0.29, 0.717) is 11.4 Å². The van der Waals surface area contributed by atoms with E-state index in [9.17, 15) is 13.2 Å². The first kappa shape index (κ1) is 14.0. The van der Waals surface area contributed by atoms with E-state index in [4.69, 9.17) is 10.5 Å². The Morgan fingerprint density at radius 2 is 1.70 bits per heavy atom. The van der Waals surface area contributed by atoms with Gasteiger partial charge >= 0.3 is 6.36 Å². The van der Waals surface area contributed by atoms with Gasteiger partial charge in [-0.25, -0.2) is 4.98 Å². The zero-order chi connectivity index (χ0) is 14.8. The first-order valence-electron chi connectivity index (χ1n) is 5.59. The first-order chi connectivity index (χ1) is 9.33. The average molecular weight is 284 g/mol. The van der Waals surface area contributed by atoms with Crippen LogP contribution in [0.4, 0.5) is 18.9 Å². The van der Waals surface area contributed by atoms with Gasteiger partial charge in [-0.1, -0.05) is 0 Å². The van der Waals surface area contributed by atoms with Crippen molar-refractivity contribution in [3.05, 3.63) is 42.1 Å². The van der Waals surface area contributed by atoms with Crippen LogP contribution in [0.3, 0.4) is 0 Å². The molecular weight excluding hydrogens is 273 g/mol. The lowest BCUT2D eigenvalue weighted by atomic mass is 10.3. The third kappa shape index (κ3) is 3.78. The molecule has 2 rings (SSSR count). The number of benzene rings is 1. The van der Waals surface area contributed by atoms with Crippen molar-refractivity contribution in [1.82, 2.24) is 4.98 Å². The van der Waals surface area contributed by atoms with Gasteiger partial charge in [0.25, 0.3) is 0 Å². The number of nitrogens with zero attached hydrogens (tertiary/aromatic N) is 1. The molecule has 20 heavy (non-hydrogen) atoms. The Bertz CT molecular complexity index is 598. The monoisotopic (exact) mass is 284 g/mol. The van der Waals surface area contributed by atoms with Crippen LogP contribution < -0.4 is 15.2 Å². The van der Waals surface area contributed by atoms with Crippen molar-refractivity contribution in [2.75, 3.05) is 5.73 Å². The number of nitrogen functional groups attached to an aromatic ring is 1. The highest BCUT2D eigenvalue weighted by atomic mass is 19.4. The Kier molecular flexibility index (Phi) is 3.69. The number of hydrogen-bond acceptors (Lipinski definition) is 4. The molecule has 0 spiro atoms. The minimum absolute atomic E-state index is 0.262. The van der Waals surface area contributed by atoms with Crippen LogP contribution in [-0.2, 0) is 0 Å². The Hall–Kier alpha value is -2.44. The van der Waals surface area contributed by atoms with E-state index < -0.39 is 6.36 Å². The summed E-state index contributed by atoms with van der Waals surface area (Å²) in [6.45, 7) is 1.80. The number of nitrogens with two attached hydrogens (primary N) is 1. The van der Waals surface area contributed by atoms with Crippen molar-refractivity contribution >= 4 is 5.69 Å². The van der Waals surface area contributed by atoms with Crippen LogP contribution in [0, 0.1) is 6.92 Å². The zero-order valence-electron chi connectivity index (χ0n) is 10.4. The molecular formula is C13H11F3N2O2. The van der Waals surface area contributed by atoms with Gasteiger partial charge < -0.3 is 15.2 Å². The molecule has 0 saturated heterocycles. The number of hydrogen-bond donors (Lipinski definition) is 1. The molecule has 2 aromatic rings. The molecule has 0 fully saturated rings. The summed E-state index contributed by atoms with van der Waals surface area (Å²) in [5, 5.41) is 0. The van der Waals surface area contributed by atoms with Gasteiger partial charge in [-0.3, -0.25) is 0 Å². The molecule has 1 aromatic heterocycles. The van der Waals surface area contributed by atoms with E-state index in [1.807, 2.05) is 0 Å². The molecule has 1 heterocycles. The lowest BCUT2D eigenvalue weighted by Crippen LogP contribution is -2.16. The fraction of sp³-hybridized carbons (Fsp3) is 0.154. The van der Waals surface area contributed by atoms with Gasteiger partial charge in [-0.15, -0.1) is 13.2 Å². The van der Waals surface area contributed by atoms with Crippen molar-refractivity contribution < 1.29 is 22.6 Å². The molecule has 7 heteroatoms. The summed E-state index contributed by atoms with van der Waals surface area (Å²) < 4.78 is 45.1. The summed E-state index contributed by atoms with van der Waals surface area (Å²) in [6.07, 6.45) is -3.17. The molecule has 0 unspecified atom stereocenters. The van der Waals surface area contributed by atoms with E-state index >= 15 is 0 Å². The third-order valence-electron chi connectivity index (χ3n) is 2.40. The number of aromatic nitrogens is 1. The van der Waals surface area contributed by atoms with E-state index in [-0.39, 0.29) is 11.6 Å². The van der Waals surface area contributed by atoms with Crippen molar-refractivity contribution in [2.45, 2.75) is 13.3 Å². The molecule has 0 bridgehead atoms. The smallest absolute Gasteiger partial charge is 0.439 e. The summed E-state index contributed by atoms with van der Waals surface area (Å²) in [5.74, 6) is 0.272. The second-order valence-electron chi connectivity index (χ2n) is 4.00. The predicted molar refractivity (Wildman–Crippen MR) is 66.6 cm³/mol. The van der Waals surface area contributed by atoms with E-state index in [2.05, 4.69) is 9.72 Å². The number of aryl methyl sites for hydroxylation is 1. The maximum atomic E-state index is 12.0. The topological polar surface area (TPSA) is 57.4 Å². The summed E-state index contributed by atoms with van der Waals surface area (Å²) in [6, 6.07) is 6.54. The molecule has 0 aliphatic heterocycles. The largest absolute Gasteiger partial charge is 0.573 e. The standard InChI is InChI=1S/C13H11F3N2O2/c1-8-7-18-12(6-11(8)17)19-9-2-4-10(5-3-9)20-13(14,15)16/h2-7H,1H3,(H2,17,18). The van der Waals surface area contributed by atoms with Gasteiger partial charge in [0, 0.05) is 18.0 Å². The minimum atomic E-state index is -4.71. The number of ether oxygens (including phenoxy) is 2. The van der Waals surface area contributed by atoms with Gasteiger partial charge in [0.1, 0.15) is 11.5 Å². The van der Waals surface area contributed by atoms with Crippen LogP contribution in [0.15, 0.2) is 36.5 Å². The molecule has 0 aliphatic carbocycles. The molecule has 0 radical (unpaired) electrons. The summed E-state index contributed by atoms with van der Waals surface area (Å²) in [7, 11) is 0. The zero-order valence-corrected chi connectivity index (χ0v) is 10.4. The molecule has 0 atom stereocenters. The molecule has 4 nitrogen and oxygen atoms in total. The molecule has 1 aromatic carbocycles. The number of alkyl halides is 3. The van der Waals surface area contributed by atoms with Crippen LogP contribution in [0.2, 0.25) is 0 Å². The Labute approximate surface area is 113 Å². The van der Waals surface area contributed by atoms with Gasteiger partial charge in [-0.05, 0) is 36.8 Å². The average Bonchev–Trinajstić information content (AvgIpc) is 2.35. The highest BCUT2D eigenvalue weighted by Gasteiger charge is 2.30. The number of halogens is 3. The molecule has 0 amide bonds. The molecule has 106 valence electrons. The third-order valence-corrected chi connectivity index (χ3v) is 2.40. The second kappa shape index (κ2) is 5.28. The highest BCUT2D eigenvalue weighted by Crippen LogP contribution is 2.27. The van der Waals surface area contributed by atoms with Crippen molar-refractivity contribution in [2.24, 2.45) is 0 Å². The fourth-order valence-electron chi connectivity index (χ4n) is 1.41. The van der Waals surface area contributed by atoms with Crippen molar-refractivity contribution in [3.63, 3.8) is 0 Å². The molecule has 0 saturated carbocycles. The lowest BCUT2D eigenvalue weighted by Gasteiger charge is -2.10. The van der Waals surface area contributed by atoms with E-state index in [1.54, 1.807) is 13.1 Å². The summed E-state index contributed by atoms with van der Waals surface area (Å²) in [5.41, 5.74) is 7.03. The van der Waals surface area contributed by atoms with Gasteiger partial charge in [0.15, 0.2) is 0 Å². The Morgan fingerprint density at radius 3 is 2.25 bits per heavy atom. The van der Waals surface area contributed by atoms with Crippen molar-refractivity contribution in [1.29, 1.82) is 0 Å². The van der Waals surface area contributed by atoms with E-state index in [0.717, 1.165) is 17.7 Å². The highest BCUT2D eigenvalue weighted by molar-refractivity contribution is 5.48. The lowest BCUT2D eigenvalue weighted by molar-refractivity contribution is -0.274. The molecule has 0 aliphatic rings. The van der Waals surface area contributed by atoms with Gasteiger partial charge in [-0.2, -0.15) is 0 Å². The van der Waals surface area contributed by atoms with Crippen LogP contribution in [0.1, 0.15) is 5.56 Å². The van der Waals surface area contributed by atoms with Crippen LogP contribution in [0.5, 0.6) is 17.4 Å². The quantitative estimate of drug-likeness (QED) is 0.934. The van der Waals surface area contributed by atoms with Gasteiger partial charge in [0.2, 0.25) is 5.88 Å². The number of rotatable bonds is 3. The summed E-state index contributed by atoms with van der Waals surface area (Å²) >= 11 is 0. The Morgan fingerprint density at radius 1 is 1.10 bits per heavy atom. The van der Waals surface area contributed by atoms with Crippen LogP contribution in [0.25, 0.3) is 0 Å². The van der Waals surface area contributed by atoms with Gasteiger partial charge in [0.05, 0.1) is 0 Å². The molecule has 2 N–H and O–H groups in total. The predicted octanol–water partition coefficient (Wildman–Crippen LogP) is 3.66. The first-order valence-corrected chi connectivity index (χ1v) is 5.59. The fourth-order valence-corrected chi connectivity index (χ4v) is 1.41. The SMILES string of the molecule is Cc1cnc(Oc2ccc(OC(F)(F)F)cc2)cc1N. The number of pyridine rings is 1. The Balaban J connectivity index is 2.08. The maximum absolute atomic E-state index is 12.0. The number of anilines is 1. The second-order valence-corrected chi connectivity index (χ2v) is 4.00. The van der Waals surface area contributed by atoms with E-state index in [1.165, 1.54) is 18.2 Å². The van der Waals surface area contributed by atoms with Crippen molar-refractivity contribution in [3.8, 4) is 17.4 Å². The van der Waals surface area contributed by atoms with Crippen LogP contribution in [-0.4, -0.2) is 11.3 Å². The minimum Gasteiger partial charge on any atom is -0.439 e.